The summed E-state index contributed by atoms with van der Waals surface area (Å²) in [7, 11) is 0. The molecule has 6 nitrogen and oxygen atoms in total. The number of hydrogen-bond acceptors (Lipinski definition) is 5. The van der Waals surface area contributed by atoms with Crippen molar-refractivity contribution < 1.29 is 14.5 Å². The molecule has 0 aliphatic rings. The number of nitrogens with one attached hydrogen (secondary N) is 1. The summed E-state index contributed by atoms with van der Waals surface area (Å²) in [6.07, 6.45) is -1.42. The van der Waals surface area contributed by atoms with Gasteiger partial charge in [-0.1, -0.05) is 6.92 Å². The molecule has 0 heterocycles. The second-order valence-corrected chi connectivity index (χ2v) is 1.80. The van der Waals surface area contributed by atoms with Crippen molar-refractivity contribution >= 4 is 5.97 Å². The largest absolute Gasteiger partial charge is 0.419 e. The predicted molar refractivity (Wildman–Crippen MR) is 36.2 cm³/mol. The SMILES string of the molecule is CCNC(OC(C)=O)[N+](=O)[O-]. The monoisotopic (exact) mass is 162 g/mol. The predicted octanol–water partition coefficient (Wildman–Crippen LogP) is -0.281. The number of ether oxygens (including phenoxy) is 1. The molecular formula is C5H10N2O4. The smallest absolute Gasteiger partial charge is 0.385 e. The average molecular weight is 162 g/mol. The first kappa shape index (κ1) is 9.83. The topological polar surface area (TPSA) is 81.5 Å². The Balaban J connectivity index is 3.89. The fraction of sp³-hybridized carbons (Fsp3) is 0.800. The van der Waals surface area contributed by atoms with E-state index in [1.54, 1.807) is 6.92 Å². The minimum Gasteiger partial charge on any atom is -0.385 e. The molecule has 0 saturated heterocycles. The summed E-state index contributed by atoms with van der Waals surface area (Å²) in [4.78, 5) is 19.7. The second kappa shape index (κ2) is 4.62. The van der Waals surface area contributed by atoms with Gasteiger partial charge in [0.05, 0.1) is 4.92 Å². The molecule has 6 heteroatoms. The van der Waals surface area contributed by atoms with Crippen LogP contribution in [0.15, 0.2) is 0 Å². The number of rotatable bonds is 4. The number of nitro groups is 1. The Kier molecular flexibility index (Phi) is 4.12. The first-order valence-corrected chi connectivity index (χ1v) is 3.12. The Hall–Kier alpha value is -1.17. The van der Waals surface area contributed by atoms with Crippen molar-refractivity contribution in [2.45, 2.75) is 20.2 Å². The minimum atomic E-state index is -1.42. The standard InChI is InChI=1S/C5H10N2O4/c1-3-6-5(7(9)10)11-4(2)8/h5-6H,3H2,1-2H3. The maximum Gasteiger partial charge on any atom is 0.419 e. The van der Waals surface area contributed by atoms with Gasteiger partial charge in [-0.2, -0.15) is 0 Å². The summed E-state index contributed by atoms with van der Waals surface area (Å²) in [5, 5.41) is 12.5. The fourth-order valence-electron chi connectivity index (χ4n) is 0.491. The molecule has 0 saturated carbocycles. The zero-order chi connectivity index (χ0) is 8.85. The number of carbonyl (C=O) groups excluding carboxylic acids is 1. The highest BCUT2D eigenvalue weighted by Gasteiger charge is 2.20. The average Bonchev–Trinajstić information content (AvgIpc) is 1.86. The Bertz CT molecular complexity index is 159. The number of hydrogen-bond donors (Lipinski definition) is 1. The highest BCUT2D eigenvalue weighted by Crippen LogP contribution is 1.88. The van der Waals surface area contributed by atoms with E-state index in [9.17, 15) is 14.9 Å². The van der Waals surface area contributed by atoms with Crippen molar-refractivity contribution in [3.63, 3.8) is 0 Å². The van der Waals surface area contributed by atoms with Crippen molar-refractivity contribution in [1.29, 1.82) is 0 Å². The third kappa shape index (κ3) is 4.26. The quantitative estimate of drug-likeness (QED) is 0.266. The summed E-state index contributed by atoms with van der Waals surface area (Å²) in [6, 6.07) is 0. The second-order valence-electron chi connectivity index (χ2n) is 1.80. The Morgan fingerprint density at radius 1 is 1.82 bits per heavy atom. The van der Waals surface area contributed by atoms with Crippen LogP contribution in [-0.2, 0) is 9.53 Å². The fourth-order valence-corrected chi connectivity index (χ4v) is 0.491. The first-order valence-electron chi connectivity index (χ1n) is 3.12. The Morgan fingerprint density at radius 2 is 2.36 bits per heavy atom. The minimum absolute atomic E-state index is 0.374. The van der Waals surface area contributed by atoms with E-state index in [1.807, 2.05) is 0 Å². The highest BCUT2D eigenvalue weighted by molar-refractivity contribution is 5.65. The molecule has 64 valence electrons. The van der Waals surface area contributed by atoms with Gasteiger partial charge in [0.15, 0.2) is 0 Å². The van der Waals surface area contributed by atoms with Crippen LogP contribution in [0.2, 0.25) is 0 Å². The lowest BCUT2D eigenvalue weighted by molar-refractivity contribution is -0.575. The molecule has 1 unspecified atom stereocenters. The van der Waals surface area contributed by atoms with Gasteiger partial charge in [-0.05, 0) is 0 Å². The molecule has 11 heavy (non-hydrogen) atoms. The molecule has 0 amide bonds. The molecule has 0 rings (SSSR count). The molecule has 0 aromatic rings. The molecule has 1 N–H and O–H groups in total. The van der Waals surface area contributed by atoms with E-state index >= 15 is 0 Å². The number of esters is 1. The van der Waals surface area contributed by atoms with Gasteiger partial charge in [0, 0.05) is 13.5 Å². The summed E-state index contributed by atoms with van der Waals surface area (Å²) in [5.41, 5.74) is 0. The maximum atomic E-state index is 10.3. The molecule has 0 aliphatic heterocycles. The van der Waals surface area contributed by atoms with Crippen molar-refractivity contribution in [2.24, 2.45) is 0 Å². The van der Waals surface area contributed by atoms with Crippen LogP contribution in [0, 0.1) is 10.1 Å². The summed E-state index contributed by atoms with van der Waals surface area (Å²) >= 11 is 0. The summed E-state index contributed by atoms with van der Waals surface area (Å²) in [6.45, 7) is 3.17. The van der Waals surface area contributed by atoms with E-state index in [1.165, 1.54) is 0 Å². The van der Waals surface area contributed by atoms with Crippen molar-refractivity contribution in [1.82, 2.24) is 5.32 Å². The molecule has 0 bridgehead atoms. The van der Waals surface area contributed by atoms with Crippen molar-refractivity contribution in [2.75, 3.05) is 6.54 Å². The van der Waals surface area contributed by atoms with Crippen LogP contribution in [0.3, 0.4) is 0 Å². The Labute approximate surface area is 63.7 Å². The molecule has 0 spiro atoms. The van der Waals surface area contributed by atoms with Crippen molar-refractivity contribution in [3.05, 3.63) is 10.1 Å². The maximum absolute atomic E-state index is 10.3. The molecule has 0 aromatic carbocycles. The van der Waals surface area contributed by atoms with Gasteiger partial charge >= 0.3 is 12.3 Å². The molecule has 0 aromatic heterocycles. The van der Waals surface area contributed by atoms with Crippen LogP contribution >= 0.6 is 0 Å². The normalized spacial score (nSPS) is 12.2. The van der Waals surface area contributed by atoms with Gasteiger partial charge < -0.3 is 4.74 Å². The number of carbonyl (C=O) groups is 1. The van der Waals surface area contributed by atoms with Crippen LogP contribution < -0.4 is 5.32 Å². The molecule has 1 atom stereocenters. The Morgan fingerprint density at radius 3 is 2.64 bits per heavy atom. The van der Waals surface area contributed by atoms with Crippen LogP contribution in [0.5, 0.6) is 0 Å². The number of nitrogens with zero attached hydrogens (tertiary/aromatic N) is 1. The van der Waals surface area contributed by atoms with E-state index in [0.29, 0.717) is 6.54 Å². The highest BCUT2D eigenvalue weighted by atomic mass is 16.7. The van der Waals surface area contributed by atoms with Crippen molar-refractivity contribution in [3.8, 4) is 0 Å². The van der Waals surface area contributed by atoms with Gasteiger partial charge in [0.1, 0.15) is 0 Å². The van der Waals surface area contributed by atoms with Crippen LogP contribution in [0.25, 0.3) is 0 Å². The third-order valence-electron chi connectivity index (χ3n) is 0.848. The summed E-state index contributed by atoms with van der Waals surface area (Å²) in [5.74, 6) is -0.673. The summed E-state index contributed by atoms with van der Waals surface area (Å²) < 4.78 is 4.30. The van der Waals surface area contributed by atoms with Gasteiger partial charge in [-0.25, -0.2) is 5.32 Å². The van der Waals surface area contributed by atoms with Gasteiger partial charge in [-0.15, -0.1) is 0 Å². The van der Waals surface area contributed by atoms with Crippen LogP contribution in [-0.4, -0.2) is 23.8 Å². The third-order valence-corrected chi connectivity index (χ3v) is 0.848. The van der Waals surface area contributed by atoms with E-state index < -0.39 is 17.2 Å². The van der Waals surface area contributed by atoms with E-state index in [2.05, 4.69) is 10.1 Å². The lowest BCUT2D eigenvalue weighted by Gasteiger charge is -2.07. The molecule has 0 radical (unpaired) electrons. The van der Waals surface area contributed by atoms with Gasteiger partial charge in [0.25, 0.3) is 0 Å². The lowest BCUT2D eigenvalue weighted by Crippen LogP contribution is -2.39. The molecule has 0 fully saturated rings. The lowest BCUT2D eigenvalue weighted by atomic mass is 10.7. The van der Waals surface area contributed by atoms with E-state index in [0.717, 1.165) is 6.92 Å². The zero-order valence-corrected chi connectivity index (χ0v) is 6.36. The zero-order valence-electron chi connectivity index (χ0n) is 6.36. The van der Waals surface area contributed by atoms with E-state index in [4.69, 9.17) is 0 Å². The van der Waals surface area contributed by atoms with Gasteiger partial charge in [0.2, 0.25) is 0 Å². The van der Waals surface area contributed by atoms with E-state index in [-0.39, 0.29) is 0 Å². The first-order chi connectivity index (χ1) is 5.07. The van der Waals surface area contributed by atoms with Crippen LogP contribution in [0.1, 0.15) is 13.8 Å². The molecular weight excluding hydrogens is 152 g/mol. The van der Waals surface area contributed by atoms with Gasteiger partial charge in [-0.3, -0.25) is 14.9 Å². The molecule has 0 aliphatic carbocycles. The van der Waals surface area contributed by atoms with Crippen LogP contribution in [0.4, 0.5) is 0 Å².